The number of rotatable bonds is 5. The van der Waals surface area contributed by atoms with Crippen molar-refractivity contribution in [2.24, 2.45) is 5.92 Å². The molecule has 0 spiro atoms. The third kappa shape index (κ3) is 5.82. The standard InChI is InChI=1S/C21H32N4O2S/c1-16-5-3-4-6-19(16)23-21(28)24(2)15-20(26)22-17-7-9-18(10-8-17)25-11-13-27-14-12-25/h7-10,16,19H,3-6,11-15H2,1-2H3,(H,22,26)(H,23,28)/t16-,19-/m1/s1. The third-order valence-electron chi connectivity index (χ3n) is 5.68. The fourth-order valence-electron chi connectivity index (χ4n) is 3.86. The summed E-state index contributed by atoms with van der Waals surface area (Å²) in [6.07, 6.45) is 4.94. The minimum atomic E-state index is -0.0672. The molecule has 1 aromatic carbocycles. The zero-order valence-corrected chi connectivity index (χ0v) is 17.8. The molecule has 2 fully saturated rings. The average molecular weight is 405 g/mol. The highest BCUT2D eigenvalue weighted by atomic mass is 32.1. The van der Waals surface area contributed by atoms with Crippen molar-refractivity contribution in [3.63, 3.8) is 0 Å². The zero-order chi connectivity index (χ0) is 19.9. The minimum Gasteiger partial charge on any atom is -0.378 e. The monoisotopic (exact) mass is 404 g/mol. The summed E-state index contributed by atoms with van der Waals surface area (Å²) in [6, 6.07) is 8.40. The van der Waals surface area contributed by atoms with Gasteiger partial charge in [-0.15, -0.1) is 0 Å². The van der Waals surface area contributed by atoms with Gasteiger partial charge in [0, 0.05) is 37.6 Å². The van der Waals surface area contributed by atoms with Crippen LogP contribution in [0.15, 0.2) is 24.3 Å². The Morgan fingerprint density at radius 2 is 1.89 bits per heavy atom. The predicted molar refractivity (Wildman–Crippen MR) is 118 cm³/mol. The first kappa shape index (κ1) is 20.9. The van der Waals surface area contributed by atoms with E-state index >= 15 is 0 Å². The summed E-state index contributed by atoms with van der Waals surface area (Å²) in [6.45, 7) is 5.84. The molecular formula is C21H32N4O2S. The first-order chi connectivity index (χ1) is 13.5. The Labute approximate surface area is 173 Å². The summed E-state index contributed by atoms with van der Waals surface area (Å²) in [4.78, 5) is 16.5. The van der Waals surface area contributed by atoms with Gasteiger partial charge < -0.3 is 25.2 Å². The highest BCUT2D eigenvalue weighted by Crippen LogP contribution is 2.24. The van der Waals surface area contributed by atoms with Gasteiger partial charge in [-0.3, -0.25) is 4.79 Å². The van der Waals surface area contributed by atoms with Crippen LogP contribution in [-0.4, -0.2) is 61.9 Å². The van der Waals surface area contributed by atoms with Gasteiger partial charge in [-0.25, -0.2) is 0 Å². The van der Waals surface area contributed by atoms with Crippen molar-refractivity contribution in [3.05, 3.63) is 24.3 Å². The van der Waals surface area contributed by atoms with Crippen molar-refractivity contribution in [2.75, 3.05) is 50.1 Å². The van der Waals surface area contributed by atoms with Crippen LogP contribution in [0.1, 0.15) is 32.6 Å². The summed E-state index contributed by atoms with van der Waals surface area (Å²) in [5, 5.41) is 7.05. The van der Waals surface area contributed by atoms with Crippen LogP contribution in [-0.2, 0) is 9.53 Å². The van der Waals surface area contributed by atoms with Gasteiger partial charge in [-0.05, 0) is 55.2 Å². The number of hydrogen-bond donors (Lipinski definition) is 2. The van der Waals surface area contributed by atoms with E-state index in [1.54, 1.807) is 0 Å². The summed E-state index contributed by atoms with van der Waals surface area (Å²) >= 11 is 5.50. The van der Waals surface area contributed by atoms with E-state index in [0.29, 0.717) is 17.1 Å². The number of likely N-dealkylation sites (N-methyl/N-ethyl adjacent to an activating group) is 1. The average Bonchev–Trinajstić information content (AvgIpc) is 2.71. The van der Waals surface area contributed by atoms with Gasteiger partial charge in [0.05, 0.1) is 19.8 Å². The largest absolute Gasteiger partial charge is 0.378 e. The molecule has 2 aliphatic rings. The lowest BCUT2D eigenvalue weighted by molar-refractivity contribution is -0.116. The van der Waals surface area contributed by atoms with Crippen LogP contribution in [0.3, 0.4) is 0 Å². The molecule has 6 nitrogen and oxygen atoms in total. The molecule has 1 saturated carbocycles. The molecule has 1 heterocycles. The van der Waals surface area contributed by atoms with E-state index in [1.807, 2.05) is 36.2 Å². The molecule has 0 radical (unpaired) electrons. The van der Waals surface area contributed by atoms with Gasteiger partial charge in [0.25, 0.3) is 0 Å². The Balaban J connectivity index is 1.45. The highest BCUT2D eigenvalue weighted by Gasteiger charge is 2.23. The van der Waals surface area contributed by atoms with Crippen LogP contribution in [0.2, 0.25) is 0 Å². The van der Waals surface area contributed by atoms with Crippen molar-refractivity contribution in [1.29, 1.82) is 0 Å². The predicted octanol–water partition coefficient (Wildman–Crippen LogP) is 2.85. The second kappa shape index (κ2) is 10.1. The number of hydrogen-bond acceptors (Lipinski definition) is 4. The Morgan fingerprint density at radius 3 is 2.57 bits per heavy atom. The molecule has 28 heavy (non-hydrogen) atoms. The highest BCUT2D eigenvalue weighted by molar-refractivity contribution is 7.80. The van der Waals surface area contributed by atoms with Crippen LogP contribution in [0.25, 0.3) is 0 Å². The Morgan fingerprint density at radius 1 is 1.21 bits per heavy atom. The number of thiocarbonyl (C=S) groups is 1. The van der Waals surface area contributed by atoms with E-state index in [4.69, 9.17) is 17.0 Å². The first-order valence-corrected chi connectivity index (χ1v) is 10.7. The Bertz CT molecular complexity index is 661. The van der Waals surface area contributed by atoms with Crippen LogP contribution in [0.5, 0.6) is 0 Å². The number of amides is 1. The van der Waals surface area contributed by atoms with E-state index in [9.17, 15) is 4.79 Å². The fourth-order valence-corrected chi connectivity index (χ4v) is 4.08. The molecular weight excluding hydrogens is 372 g/mol. The van der Waals surface area contributed by atoms with Gasteiger partial charge in [-0.2, -0.15) is 0 Å². The zero-order valence-electron chi connectivity index (χ0n) is 16.9. The lowest BCUT2D eigenvalue weighted by Crippen LogP contribution is -2.48. The quantitative estimate of drug-likeness (QED) is 0.736. The normalized spacial score (nSPS) is 22.4. The third-order valence-corrected chi connectivity index (χ3v) is 6.10. The number of morpholine rings is 1. The molecule has 3 rings (SSSR count). The van der Waals surface area contributed by atoms with E-state index in [-0.39, 0.29) is 12.5 Å². The smallest absolute Gasteiger partial charge is 0.243 e. The molecule has 1 aromatic rings. The maximum Gasteiger partial charge on any atom is 0.243 e. The molecule has 1 saturated heterocycles. The summed E-state index contributed by atoms with van der Waals surface area (Å²) < 4.78 is 5.39. The van der Waals surface area contributed by atoms with Crippen molar-refractivity contribution in [1.82, 2.24) is 10.2 Å². The maximum atomic E-state index is 12.4. The first-order valence-electron chi connectivity index (χ1n) is 10.3. The number of ether oxygens (including phenoxy) is 1. The lowest BCUT2D eigenvalue weighted by Gasteiger charge is -2.32. The van der Waals surface area contributed by atoms with Gasteiger partial charge in [-0.1, -0.05) is 19.8 Å². The molecule has 0 bridgehead atoms. The number of benzene rings is 1. The molecule has 1 aliphatic heterocycles. The molecule has 7 heteroatoms. The summed E-state index contributed by atoms with van der Waals surface area (Å²) in [7, 11) is 1.87. The van der Waals surface area contributed by atoms with Crippen LogP contribution in [0, 0.1) is 5.92 Å². The molecule has 0 aromatic heterocycles. The van der Waals surface area contributed by atoms with Crippen molar-refractivity contribution in [2.45, 2.75) is 38.6 Å². The van der Waals surface area contributed by atoms with Crippen LogP contribution < -0.4 is 15.5 Å². The van der Waals surface area contributed by atoms with Crippen molar-refractivity contribution in [3.8, 4) is 0 Å². The Hall–Kier alpha value is -1.86. The molecule has 1 aliphatic carbocycles. The molecule has 1 amide bonds. The van der Waals surface area contributed by atoms with Gasteiger partial charge in [0.1, 0.15) is 0 Å². The summed E-state index contributed by atoms with van der Waals surface area (Å²) in [5.41, 5.74) is 1.96. The lowest BCUT2D eigenvalue weighted by atomic mass is 9.86. The van der Waals surface area contributed by atoms with Crippen LogP contribution in [0.4, 0.5) is 11.4 Å². The van der Waals surface area contributed by atoms with Crippen molar-refractivity contribution < 1.29 is 9.53 Å². The number of nitrogens with zero attached hydrogens (tertiary/aromatic N) is 2. The van der Waals surface area contributed by atoms with E-state index in [2.05, 4.69) is 22.5 Å². The summed E-state index contributed by atoms with van der Waals surface area (Å²) in [5.74, 6) is 0.557. The number of carbonyl (C=O) groups excluding carboxylic acids is 1. The second-order valence-electron chi connectivity index (χ2n) is 7.87. The van der Waals surface area contributed by atoms with Gasteiger partial charge in [0.2, 0.25) is 5.91 Å². The minimum absolute atomic E-state index is 0.0672. The Kier molecular flexibility index (Phi) is 7.50. The molecule has 0 unspecified atom stereocenters. The SMILES string of the molecule is C[C@@H]1CCCC[C@H]1NC(=S)N(C)CC(=O)Nc1ccc(N2CCOCC2)cc1. The van der Waals surface area contributed by atoms with Gasteiger partial charge in [0.15, 0.2) is 5.11 Å². The van der Waals surface area contributed by atoms with Crippen LogP contribution >= 0.6 is 12.2 Å². The van der Waals surface area contributed by atoms with E-state index in [0.717, 1.165) is 44.1 Å². The number of nitrogens with one attached hydrogen (secondary N) is 2. The number of carbonyl (C=O) groups is 1. The van der Waals surface area contributed by atoms with Gasteiger partial charge >= 0.3 is 0 Å². The molecule has 2 atom stereocenters. The fraction of sp³-hybridized carbons (Fsp3) is 0.619. The van der Waals surface area contributed by atoms with E-state index < -0.39 is 0 Å². The second-order valence-corrected chi connectivity index (χ2v) is 8.25. The topological polar surface area (TPSA) is 56.8 Å². The number of anilines is 2. The van der Waals surface area contributed by atoms with Crippen molar-refractivity contribution >= 4 is 34.6 Å². The maximum absolute atomic E-state index is 12.4. The molecule has 154 valence electrons. The van der Waals surface area contributed by atoms with E-state index in [1.165, 1.54) is 19.3 Å². The molecule has 2 N–H and O–H groups in total.